The number of amides is 1. The van der Waals surface area contributed by atoms with Crippen LogP contribution in [0, 0.1) is 5.82 Å². The molecule has 1 fully saturated rings. The third kappa shape index (κ3) is 3.56. The van der Waals surface area contributed by atoms with E-state index in [0.29, 0.717) is 38.2 Å². The van der Waals surface area contributed by atoms with Crippen LogP contribution in [0.1, 0.15) is 39.4 Å². The molecule has 0 N–H and O–H groups in total. The number of carbonyl (C=O) groups excluding carboxylic acids is 2. The summed E-state index contributed by atoms with van der Waals surface area (Å²) in [5, 5.41) is 0. The van der Waals surface area contributed by atoms with Gasteiger partial charge in [0.1, 0.15) is 0 Å². The molecule has 2 aromatic rings. The molecule has 1 aromatic carbocycles. The summed E-state index contributed by atoms with van der Waals surface area (Å²) in [5.74, 6) is -2.74. The fraction of sp³-hybridized carbons (Fsp3) is 0.455. The standard InChI is InChI=1S/C22H23F4N3O3/c1-27-11-12-29-16(19(30)22(24,25)26)4-6-18(29)21(27)7-9-28(10-8-21)20(31)14-3-5-17(32-2)15(23)13-14/h3-6,13H,7-12H2,1-2H3. The highest BCUT2D eigenvalue weighted by molar-refractivity contribution is 5.99. The molecule has 0 atom stereocenters. The number of rotatable bonds is 3. The van der Waals surface area contributed by atoms with Gasteiger partial charge in [0, 0.05) is 37.4 Å². The van der Waals surface area contributed by atoms with Crippen molar-refractivity contribution in [3.63, 3.8) is 0 Å². The monoisotopic (exact) mass is 453 g/mol. The van der Waals surface area contributed by atoms with Crippen LogP contribution in [0.15, 0.2) is 30.3 Å². The number of aromatic nitrogens is 1. The minimum absolute atomic E-state index is 0.0490. The number of alkyl halides is 3. The van der Waals surface area contributed by atoms with Crippen molar-refractivity contribution in [2.75, 3.05) is 33.8 Å². The van der Waals surface area contributed by atoms with E-state index >= 15 is 0 Å². The maximum Gasteiger partial charge on any atom is 0.456 e. The van der Waals surface area contributed by atoms with Gasteiger partial charge in [-0.2, -0.15) is 13.2 Å². The van der Waals surface area contributed by atoms with E-state index in [2.05, 4.69) is 4.90 Å². The zero-order valence-electron chi connectivity index (χ0n) is 17.7. The van der Waals surface area contributed by atoms with Crippen LogP contribution in [0.25, 0.3) is 0 Å². The number of likely N-dealkylation sites (N-methyl/N-ethyl adjacent to an activating group) is 1. The first-order valence-corrected chi connectivity index (χ1v) is 10.2. The minimum atomic E-state index is -4.94. The Balaban J connectivity index is 1.57. The van der Waals surface area contributed by atoms with Gasteiger partial charge in [-0.15, -0.1) is 0 Å². The van der Waals surface area contributed by atoms with Gasteiger partial charge < -0.3 is 14.2 Å². The number of fused-ring (bicyclic) bond motifs is 2. The number of halogens is 4. The molecule has 10 heteroatoms. The molecular weight excluding hydrogens is 430 g/mol. The van der Waals surface area contributed by atoms with Crippen LogP contribution in [0.5, 0.6) is 5.75 Å². The molecule has 0 saturated carbocycles. The summed E-state index contributed by atoms with van der Waals surface area (Å²) < 4.78 is 59.4. The highest BCUT2D eigenvalue weighted by Crippen LogP contribution is 2.42. The van der Waals surface area contributed by atoms with E-state index in [1.807, 2.05) is 7.05 Å². The molecule has 0 aliphatic carbocycles. The predicted octanol–water partition coefficient (Wildman–Crippen LogP) is 3.46. The SMILES string of the molecule is COc1ccc(C(=O)N2CCC3(CC2)c2ccc(C(=O)C(F)(F)F)n2CCN3C)cc1F. The minimum Gasteiger partial charge on any atom is -0.494 e. The van der Waals surface area contributed by atoms with Crippen LogP contribution in [0.3, 0.4) is 0 Å². The molecule has 0 unspecified atom stereocenters. The highest BCUT2D eigenvalue weighted by Gasteiger charge is 2.47. The molecule has 0 bridgehead atoms. The lowest BCUT2D eigenvalue weighted by Gasteiger charge is -2.50. The first-order valence-electron chi connectivity index (χ1n) is 10.2. The van der Waals surface area contributed by atoms with Crippen molar-refractivity contribution in [3.05, 3.63) is 53.1 Å². The highest BCUT2D eigenvalue weighted by atomic mass is 19.4. The van der Waals surface area contributed by atoms with Crippen LogP contribution in [0.4, 0.5) is 17.6 Å². The zero-order chi connectivity index (χ0) is 23.3. The third-order valence-corrected chi connectivity index (χ3v) is 6.61. The van der Waals surface area contributed by atoms with E-state index < -0.39 is 23.3 Å². The molecule has 1 saturated heterocycles. The van der Waals surface area contributed by atoms with Crippen LogP contribution < -0.4 is 4.74 Å². The fourth-order valence-electron chi connectivity index (χ4n) is 4.82. The average molecular weight is 453 g/mol. The lowest BCUT2D eigenvalue weighted by Crippen LogP contribution is -2.56. The van der Waals surface area contributed by atoms with Gasteiger partial charge in [-0.05, 0) is 50.2 Å². The Morgan fingerprint density at radius 1 is 1.03 bits per heavy atom. The number of Topliss-reactive ketones (excluding diaryl/α,β-unsaturated/α-hetero) is 1. The smallest absolute Gasteiger partial charge is 0.456 e. The normalized spacial score (nSPS) is 18.5. The lowest BCUT2D eigenvalue weighted by molar-refractivity contribution is -0.0892. The Kier molecular flexibility index (Phi) is 5.52. The van der Waals surface area contributed by atoms with Crippen LogP contribution >= 0.6 is 0 Å². The fourth-order valence-corrected chi connectivity index (χ4v) is 4.82. The Morgan fingerprint density at radius 2 is 1.72 bits per heavy atom. The molecular formula is C22H23F4N3O3. The maximum atomic E-state index is 14.0. The number of carbonyl (C=O) groups is 2. The topological polar surface area (TPSA) is 54.8 Å². The quantitative estimate of drug-likeness (QED) is 0.528. The Morgan fingerprint density at radius 3 is 2.31 bits per heavy atom. The van der Waals surface area contributed by atoms with Crippen molar-refractivity contribution in [3.8, 4) is 5.75 Å². The van der Waals surface area contributed by atoms with Crippen LogP contribution in [-0.4, -0.2) is 66.0 Å². The number of ketones is 1. The summed E-state index contributed by atoms with van der Waals surface area (Å²) in [4.78, 5) is 28.5. The molecule has 4 rings (SSSR count). The largest absolute Gasteiger partial charge is 0.494 e. The number of benzene rings is 1. The maximum absolute atomic E-state index is 14.0. The number of methoxy groups -OCH3 is 1. The van der Waals surface area contributed by atoms with E-state index in [1.165, 1.54) is 29.9 Å². The van der Waals surface area contributed by atoms with Crippen molar-refractivity contribution in [2.45, 2.75) is 31.1 Å². The molecule has 172 valence electrons. The van der Waals surface area contributed by atoms with Gasteiger partial charge in [-0.25, -0.2) is 4.39 Å². The molecule has 6 nitrogen and oxygen atoms in total. The number of nitrogens with zero attached hydrogens (tertiary/aromatic N) is 3. The van der Waals surface area contributed by atoms with Crippen molar-refractivity contribution < 1.29 is 31.9 Å². The van der Waals surface area contributed by atoms with Gasteiger partial charge in [0.15, 0.2) is 11.6 Å². The van der Waals surface area contributed by atoms with Gasteiger partial charge in [-0.3, -0.25) is 14.5 Å². The summed E-state index contributed by atoms with van der Waals surface area (Å²) in [7, 11) is 3.24. The average Bonchev–Trinajstić information content (AvgIpc) is 3.20. The van der Waals surface area contributed by atoms with E-state index in [1.54, 1.807) is 11.0 Å². The molecule has 2 aliphatic heterocycles. The molecule has 1 amide bonds. The second-order valence-electron chi connectivity index (χ2n) is 8.18. The number of hydrogen-bond acceptors (Lipinski definition) is 4. The summed E-state index contributed by atoms with van der Waals surface area (Å²) in [6.45, 7) is 1.47. The summed E-state index contributed by atoms with van der Waals surface area (Å²) in [5.41, 5.74) is -0.0732. The molecule has 3 heterocycles. The predicted molar refractivity (Wildman–Crippen MR) is 107 cm³/mol. The second kappa shape index (κ2) is 7.91. The second-order valence-corrected chi connectivity index (χ2v) is 8.18. The van der Waals surface area contributed by atoms with Crippen molar-refractivity contribution >= 4 is 11.7 Å². The van der Waals surface area contributed by atoms with E-state index in [-0.39, 0.29) is 29.5 Å². The van der Waals surface area contributed by atoms with Crippen LogP contribution in [0.2, 0.25) is 0 Å². The molecule has 2 aliphatic rings. The summed E-state index contributed by atoms with van der Waals surface area (Å²) in [6, 6.07) is 6.86. The van der Waals surface area contributed by atoms with Crippen LogP contribution in [-0.2, 0) is 12.1 Å². The lowest BCUT2D eigenvalue weighted by atomic mass is 9.81. The zero-order valence-corrected chi connectivity index (χ0v) is 17.7. The molecule has 1 spiro atoms. The van der Waals surface area contributed by atoms with Gasteiger partial charge in [0.25, 0.3) is 11.7 Å². The van der Waals surface area contributed by atoms with E-state index in [0.717, 1.165) is 6.07 Å². The number of piperidine rings is 1. The number of likely N-dealkylation sites (tertiary alicyclic amines) is 1. The van der Waals surface area contributed by atoms with E-state index in [4.69, 9.17) is 4.74 Å². The third-order valence-electron chi connectivity index (χ3n) is 6.61. The van der Waals surface area contributed by atoms with Gasteiger partial charge in [0.2, 0.25) is 0 Å². The first kappa shape index (κ1) is 22.3. The van der Waals surface area contributed by atoms with Crippen molar-refractivity contribution in [2.24, 2.45) is 0 Å². The molecule has 1 aromatic heterocycles. The first-order chi connectivity index (χ1) is 15.1. The van der Waals surface area contributed by atoms with E-state index in [9.17, 15) is 27.2 Å². The molecule has 32 heavy (non-hydrogen) atoms. The number of hydrogen-bond donors (Lipinski definition) is 0. The van der Waals surface area contributed by atoms with Gasteiger partial charge in [0.05, 0.1) is 18.3 Å². The van der Waals surface area contributed by atoms with Gasteiger partial charge >= 0.3 is 6.18 Å². The van der Waals surface area contributed by atoms with Crippen molar-refractivity contribution in [1.29, 1.82) is 0 Å². The Labute approximate surface area is 182 Å². The van der Waals surface area contributed by atoms with Gasteiger partial charge in [-0.1, -0.05) is 0 Å². The Hall–Kier alpha value is -2.88. The number of ether oxygens (including phenoxy) is 1. The molecule has 0 radical (unpaired) electrons. The summed E-state index contributed by atoms with van der Waals surface area (Å²) in [6.07, 6.45) is -3.97. The summed E-state index contributed by atoms with van der Waals surface area (Å²) >= 11 is 0. The Bertz CT molecular complexity index is 1060. The van der Waals surface area contributed by atoms with Crippen molar-refractivity contribution in [1.82, 2.24) is 14.4 Å².